The first-order valence-electron chi connectivity index (χ1n) is 7.94. The van der Waals surface area contributed by atoms with E-state index in [4.69, 9.17) is 0 Å². The zero-order valence-corrected chi connectivity index (χ0v) is 12.1. The van der Waals surface area contributed by atoms with Crippen molar-refractivity contribution in [3.05, 3.63) is 0 Å². The number of nitrogens with zero attached hydrogens (tertiary/aromatic N) is 2. The molecule has 0 aromatic carbocycles. The van der Waals surface area contributed by atoms with E-state index in [0.717, 1.165) is 0 Å². The molecule has 2 saturated heterocycles. The van der Waals surface area contributed by atoms with Crippen LogP contribution >= 0.6 is 0 Å². The summed E-state index contributed by atoms with van der Waals surface area (Å²) in [6.45, 7) is 14.8. The van der Waals surface area contributed by atoms with E-state index in [1.165, 1.54) is 93.4 Å². The average molecular weight is 240 g/mol. The molecule has 2 aliphatic heterocycles. The van der Waals surface area contributed by atoms with Crippen LogP contribution < -0.4 is 0 Å². The molecule has 2 fully saturated rings. The summed E-state index contributed by atoms with van der Waals surface area (Å²) >= 11 is 0. The zero-order valence-electron chi connectivity index (χ0n) is 12.1. The molecule has 0 unspecified atom stereocenters. The van der Waals surface area contributed by atoms with Crippen LogP contribution in [0.15, 0.2) is 0 Å². The number of hydrogen-bond donors (Lipinski definition) is 0. The lowest BCUT2D eigenvalue weighted by Crippen LogP contribution is -2.65. The Kier molecular flexibility index (Phi) is 4.48. The fourth-order valence-corrected chi connectivity index (χ4v) is 4.12. The van der Waals surface area contributed by atoms with Crippen molar-refractivity contribution in [3.8, 4) is 0 Å². The third-order valence-corrected chi connectivity index (χ3v) is 5.47. The van der Waals surface area contributed by atoms with Gasteiger partial charge < -0.3 is 0 Å². The molecule has 0 aromatic heterocycles. The average Bonchev–Trinajstić information content (AvgIpc) is 2.41. The number of piperidine rings is 2. The highest BCUT2D eigenvalue weighted by atomic mass is 15.5. The Morgan fingerprint density at radius 2 is 0.941 bits per heavy atom. The van der Waals surface area contributed by atoms with Crippen molar-refractivity contribution in [3.63, 3.8) is 0 Å². The lowest BCUT2D eigenvalue weighted by molar-refractivity contribution is -1.10. The Bertz CT molecular complexity index is 201. The van der Waals surface area contributed by atoms with Crippen molar-refractivity contribution in [2.75, 3.05) is 45.9 Å². The molecule has 0 atom stereocenters. The molecule has 100 valence electrons. The maximum Gasteiger partial charge on any atom is 0.207 e. The maximum atomic E-state index is 2.42. The summed E-state index contributed by atoms with van der Waals surface area (Å²) in [5.74, 6) is 0. The predicted octanol–water partition coefficient (Wildman–Crippen LogP) is 2.99. The van der Waals surface area contributed by atoms with Gasteiger partial charge in [-0.05, 0) is 52.4 Å². The lowest BCUT2D eigenvalue weighted by atomic mass is 10.1. The Hall–Kier alpha value is -0.0800. The van der Waals surface area contributed by atoms with Crippen LogP contribution in [0.4, 0.5) is 0 Å². The molecule has 0 N–H and O–H groups in total. The summed E-state index contributed by atoms with van der Waals surface area (Å²) in [5, 5.41) is 0. The van der Waals surface area contributed by atoms with Crippen LogP contribution in [0.5, 0.6) is 0 Å². The van der Waals surface area contributed by atoms with E-state index in [9.17, 15) is 0 Å². The van der Waals surface area contributed by atoms with Gasteiger partial charge in [0.05, 0.1) is 39.3 Å². The molecule has 2 aliphatic rings. The first-order valence-corrected chi connectivity index (χ1v) is 7.94. The van der Waals surface area contributed by atoms with Gasteiger partial charge in [0, 0.05) is 0 Å². The molecule has 0 amide bonds. The van der Waals surface area contributed by atoms with Crippen LogP contribution in [0.2, 0.25) is 0 Å². The molecule has 2 nitrogen and oxygen atoms in total. The fraction of sp³-hybridized carbons (Fsp3) is 1.00. The molecule has 0 saturated carbocycles. The van der Waals surface area contributed by atoms with Crippen LogP contribution in [-0.2, 0) is 0 Å². The molecule has 2 heteroatoms. The van der Waals surface area contributed by atoms with Crippen molar-refractivity contribution < 1.29 is 8.97 Å². The quantitative estimate of drug-likeness (QED) is 0.663. The van der Waals surface area contributed by atoms with Crippen LogP contribution in [0.1, 0.15) is 52.4 Å². The second-order valence-electron chi connectivity index (χ2n) is 6.47. The van der Waals surface area contributed by atoms with Gasteiger partial charge in [0.25, 0.3) is 0 Å². The highest BCUT2D eigenvalue weighted by Gasteiger charge is 2.39. The molecule has 2 rings (SSSR count). The van der Waals surface area contributed by atoms with Crippen LogP contribution in [0, 0.1) is 0 Å². The van der Waals surface area contributed by atoms with Gasteiger partial charge in [0.2, 0.25) is 6.67 Å². The third-order valence-electron chi connectivity index (χ3n) is 5.47. The highest BCUT2D eigenvalue weighted by molar-refractivity contribution is 4.55. The summed E-state index contributed by atoms with van der Waals surface area (Å²) in [7, 11) is 0. The fourth-order valence-electron chi connectivity index (χ4n) is 4.12. The minimum absolute atomic E-state index is 1.36. The van der Waals surface area contributed by atoms with Crippen molar-refractivity contribution in [2.45, 2.75) is 52.4 Å². The Labute approximate surface area is 108 Å². The molecule has 0 aromatic rings. The van der Waals surface area contributed by atoms with Gasteiger partial charge >= 0.3 is 0 Å². The van der Waals surface area contributed by atoms with Gasteiger partial charge in [-0.25, -0.2) is 0 Å². The summed E-state index contributed by atoms with van der Waals surface area (Å²) in [5.41, 5.74) is 0. The monoisotopic (exact) mass is 240 g/mol. The molecule has 0 aliphatic carbocycles. The molecule has 2 heterocycles. The zero-order chi connectivity index (χ0) is 12.2. The SMILES string of the molecule is CC[N+]1(C[N+]2(CC)CCCCC2)CCCCC1. The predicted molar refractivity (Wildman–Crippen MR) is 73.6 cm³/mol. The largest absolute Gasteiger partial charge is 0.277 e. The molecular weight excluding hydrogens is 208 g/mol. The standard InChI is InChI=1S/C15H32N2/c1-3-16(11-7-5-8-12-16)15-17(4-2)13-9-6-10-14-17/h3-15H2,1-2H3/q+2. The van der Waals surface area contributed by atoms with Gasteiger partial charge in [-0.2, -0.15) is 0 Å². The molecular formula is C15H32N2+2. The van der Waals surface area contributed by atoms with E-state index in [-0.39, 0.29) is 0 Å². The van der Waals surface area contributed by atoms with Gasteiger partial charge in [0.15, 0.2) is 0 Å². The van der Waals surface area contributed by atoms with Gasteiger partial charge in [-0.3, -0.25) is 8.97 Å². The van der Waals surface area contributed by atoms with Crippen molar-refractivity contribution in [1.82, 2.24) is 0 Å². The van der Waals surface area contributed by atoms with E-state index < -0.39 is 0 Å². The number of likely N-dealkylation sites (tertiary alicyclic amines) is 2. The summed E-state index contributed by atoms with van der Waals surface area (Å²) in [6.07, 6.45) is 8.84. The first-order chi connectivity index (χ1) is 8.24. The molecule has 0 radical (unpaired) electrons. The number of hydrogen-bond acceptors (Lipinski definition) is 0. The van der Waals surface area contributed by atoms with Crippen molar-refractivity contribution in [2.24, 2.45) is 0 Å². The van der Waals surface area contributed by atoms with Crippen molar-refractivity contribution >= 4 is 0 Å². The minimum atomic E-state index is 1.36. The Morgan fingerprint density at radius 3 is 1.24 bits per heavy atom. The van der Waals surface area contributed by atoms with E-state index in [1.54, 1.807) is 0 Å². The van der Waals surface area contributed by atoms with Gasteiger partial charge in [-0.15, -0.1) is 0 Å². The normalized spacial score (nSPS) is 27.9. The van der Waals surface area contributed by atoms with E-state index in [2.05, 4.69) is 13.8 Å². The van der Waals surface area contributed by atoms with Crippen LogP contribution in [0.25, 0.3) is 0 Å². The summed E-state index contributed by atoms with van der Waals surface area (Å²) in [4.78, 5) is 0. The topological polar surface area (TPSA) is 0 Å². The Morgan fingerprint density at radius 1 is 0.588 bits per heavy atom. The summed E-state index contributed by atoms with van der Waals surface area (Å²) < 4.78 is 2.85. The molecule has 17 heavy (non-hydrogen) atoms. The second-order valence-corrected chi connectivity index (χ2v) is 6.47. The maximum absolute atomic E-state index is 2.42. The van der Waals surface area contributed by atoms with E-state index in [1.807, 2.05) is 0 Å². The van der Waals surface area contributed by atoms with Gasteiger partial charge in [0.1, 0.15) is 0 Å². The highest BCUT2D eigenvalue weighted by Crippen LogP contribution is 2.26. The van der Waals surface area contributed by atoms with Crippen molar-refractivity contribution in [1.29, 1.82) is 0 Å². The van der Waals surface area contributed by atoms with Crippen LogP contribution in [0.3, 0.4) is 0 Å². The molecule has 0 bridgehead atoms. The number of quaternary nitrogens is 2. The van der Waals surface area contributed by atoms with Crippen LogP contribution in [-0.4, -0.2) is 54.9 Å². The Balaban J connectivity index is 2.04. The smallest absolute Gasteiger partial charge is 0.207 e. The number of rotatable bonds is 4. The minimum Gasteiger partial charge on any atom is -0.277 e. The van der Waals surface area contributed by atoms with E-state index >= 15 is 0 Å². The third kappa shape index (κ3) is 3.03. The van der Waals surface area contributed by atoms with Gasteiger partial charge in [-0.1, -0.05) is 0 Å². The summed E-state index contributed by atoms with van der Waals surface area (Å²) in [6, 6.07) is 0. The first kappa shape index (κ1) is 13.4. The van der Waals surface area contributed by atoms with E-state index in [0.29, 0.717) is 0 Å². The lowest BCUT2D eigenvalue weighted by Gasteiger charge is -2.49. The molecule has 0 spiro atoms. The second kappa shape index (κ2) is 5.71.